The number of nitrogens with two attached hydrogens (primary N) is 1. The SMILES string of the molecule is CCN(C(=O)c1ccc(N)cc1)c1cccc(C)c1. The zero-order valence-electron chi connectivity index (χ0n) is 11.3. The summed E-state index contributed by atoms with van der Waals surface area (Å²) in [6, 6.07) is 15.0. The highest BCUT2D eigenvalue weighted by Gasteiger charge is 2.15. The van der Waals surface area contributed by atoms with E-state index in [-0.39, 0.29) is 5.91 Å². The lowest BCUT2D eigenvalue weighted by atomic mass is 10.1. The summed E-state index contributed by atoms with van der Waals surface area (Å²) in [4.78, 5) is 14.2. The molecule has 0 saturated heterocycles. The number of rotatable bonds is 3. The summed E-state index contributed by atoms with van der Waals surface area (Å²) in [5.74, 6) is -0.00639. The van der Waals surface area contributed by atoms with E-state index in [4.69, 9.17) is 5.73 Å². The van der Waals surface area contributed by atoms with Crippen molar-refractivity contribution in [1.29, 1.82) is 0 Å². The van der Waals surface area contributed by atoms with E-state index in [1.54, 1.807) is 29.2 Å². The average Bonchev–Trinajstić information content (AvgIpc) is 2.40. The molecule has 19 heavy (non-hydrogen) atoms. The Hall–Kier alpha value is -2.29. The molecule has 2 rings (SSSR count). The van der Waals surface area contributed by atoms with Gasteiger partial charge in [0, 0.05) is 23.5 Å². The standard InChI is InChI=1S/C16H18N2O/c1-3-18(15-6-4-5-12(2)11-15)16(19)13-7-9-14(17)10-8-13/h4-11H,3,17H2,1-2H3. The molecule has 2 aromatic carbocycles. The highest BCUT2D eigenvalue weighted by Crippen LogP contribution is 2.19. The fourth-order valence-electron chi connectivity index (χ4n) is 2.02. The maximum absolute atomic E-state index is 12.5. The topological polar surface area (TPSA) is 46.3 Å². The molecule has 2 N–H and O–H groups in total. The molecule has 3 nitrogen and oxygen atoms in total. The van der Waals surface area contributed by atoms with Gasteiger partial charge in [0.25, 0.3) is 5.91 Å². The zero-order chi connectivity index (χ0) is 13.8. The number of anilines is 2. The first-order valence-electron chi connectivity index (χ1n) is 6.36. The molecule has 0 aliphatic rings. The molecular formula is C16H18N2O. The first kappa shape index (κ1) is 13.1. The van der Waals surface area contributed by atoms with Crippen LogP contribution in [-0.4, -0.2) is 12.5 Å². The Kier molecular flexibility index (Phi) is 3.85. The molecule has 1 amide bonds. The van der Waals surface area contributed by atoms with Gasteiger partial charge in [0.1, 0.15) is 0 Å². The third kappa shape index (κ3) is 2.94. The fourth-order valence-corrected chi connectivity index (χ4v) is 2.02. The fraction of sp³-hybridized carbons (Fsp3) is 0.188. The molecule has 0 saturated carbocycles. The maximum atomic E-state index is 12.5. The van der Waals surface area contributed by atoms with Gasteiger partial charge in [-0.1, -0.05) is 12.1 Å². The Bertz CT molecular complexity index is 576. The zero-order valence-corrected chi connectivity index (χ0v) is 11.3. The first-order chi connectivity index (χ1) is 9.11. The second-order valence-corrected chi connectivity index (χ2v) is 4.51. The summed E-state index contributed by atoms with van der Waals surface area (Å²) in [7, 11) is 0. The second kappa shape index (κ2) is 5.57. The van der Waals surface area contributed by atoms with Crippen LogP contribution in [0.5, 0.6) is 0 Å². The number of benzene rings is 2. The maximum Gasteiger partial charge on any atom is 0.258 e. The number of amides is 1. The van der Waals surface area contributed by atoms with Crippen molar-refractivity contribution < 1.29 is 4.79 Å². The van der Waals surface area contributed by atoms with Crippen LogP contribution in [0.25, 0.3) is 0 Å². The number of carbonyl (C=O) groups excluding carboxylic acids is 1. The van der Waals surface area contributed by atoms with Crippen molar-refractivity contribution in [2.24, 2.45) is 0 Å². The molecule has 0 radical (unpaired) electrons. The van der Waals surface area contributed by atoms with E-state index in [9.17, 15) is 4.79 Å². The number of carbonyl (C=O) groups is 1. The Balaban J connectivity index is 2.31. The molecule has 0 aromatic heterocycles. The van der Waals surface area contributed by atoms with Crippen LogP contribution >= 0.6 is 0 Å². The molecule has 0 aliphatic carbocycles. The number of aryl methyl sites for hydroxylation is 1. The largest absolute Gasteiger partial charge is 0.399 e. The minimum absolute atomic E-state index is 0.00639. The van der Waals surface area contributed by atoms with Crippen molar-refractivity contribution >= 4 is 17.3 Å². The van der Waals surface area contributed by atoms with Gasteiger partial charge >= 0.3 is 0 Å². The first-order valence-corrected chi connectivity index (χ1v) is 6.36. The number of hydrogen-bond acceptors (Lipinski definition) is 2. The van der Waals surface area contributed by atoms with E-state index in [0.717, 1.165) is 11.3 Å². The van der Waals surface area contributed by atoms with Crippen molar-refractivity contribution in [3.63, 3.8) is 0 Å². The van der Waals surface area contributed by atoms with Crippen LogP contribution in [0.2, 0.25) is 0 Å². The molecule has 98 valence electrons. The quantitative estimate of drug-likeness (QED) is 0.855. The van der Waals surface area contributed by atoms with Gasteiger partial charge in [-0.05, 0) is 55.8 Å². The van der Waals surface area contributed by atoms with E-state index < -0.39 is 0 Å². The van der Waals surface area contributed by atoms with Crippen molar-refractivity contribution in [2.75, 3.05) is 17.2 Å². The summed E-state index contributed by atoms with van der Waals surface area (Å²) in [5.41, 5.74) is 9.01. The summed E-state index contributed by atoms with van der Waals surface area (Å²) >= 11 is 0. The third-order valence-corrected chi connectivity index (χ3v) is 3.03. The summed E-state index contributed by atoms with van der Waals surface area (Å²) in [6.45, 7) is 4.62. The monoisotopic (exact) mass is 254 g/mol. The van der Waals surface area contributed by atoms with Crippen LogP contribution in [0.15, 0.2) is 48.5 Å². The van der Waals surface area contributed by atoms with Gasteiger partial charge in [0.05, 0.1) is 0 Å². The minimum Gasteiger partial charge on any atom is -0.399 e. The van der Waals surface area contributed by atoms with E-state index in [1.165, 1.54) is 0 Å². The molecule has 0 aliphatic heterocycles. The molecule has 0 fully saturated rings. The summed E-state index contributed by atoms with van der Waals surface area (Å²) < 4.78 is 0. The minimum atomic E-state index is -0.00639. The van der Waals surface area contributed by atoms with Crippen LogP contribution in [0.4, 0.5) is 11.4 Å². The van der Waals surface area contributed by atoms with Gasteiger partial charge in [-0.15, -0.1) is 0 Å². The molecule has 0 spiro atoms. The molecule has 0 bridgehead atoms. The van der Waals surface area contributed by atoms with Gasteiger partial charge in [-0.3, -0.25) is 4.79 Å². The van der Waals surface area contributed by atoms with Crippen molar-refractivity contribution in [3.05, 3.63) is 59.7 Å². The second-order valence-electron chi connectivity index (χ2n) is 4.51. The number of nitrogen functional groups attached to an aromatic ring is 1. The predicted octanol–water partition coefficient (Wildman–Crippen LogP) is 3.24. The average molecular weight is 254 g/mol. The number of hydrogen-bond donors (Lipinski definition) is 1. The van der Waals surface area contributed by atoms with E-state index in [2.05, 4.69) is 0 Å². The molecule has 0 unspecified atom stereocenters. The van der Waals surface area contributed by atoms with Crippen molar-refractivity contribution in [2.45, 2.75) is 13.8 Å². The van der Waals surface area contributed by atoms with E-state index in [0.29, 0.717) is 17.8 Å². The number of nitrogens with zero attached hydrogens (tertiary/aromatic N) is 1. The molecule has 3 heteroatoms. The summed E-state index contributed by atoms with van der Waals surface area (Å²) in [5, 5.41) is 0. The lowest BCUT2D eigenvalue weighted by molar-refractivity contribution is 0.0988. The van der Waals surface area contributed by atoms with Crippen LogP contribution < -0.4 is 10.6 Å². The normalized spacial score (nSPS) is 10.2. The molecule has 0 atom stereocenters. The Labute approximate surface area is 113 Å². The highest BCUT2D eigenvalue weighted by molar-refractivity contribution is 6.06. The van der Waals surface area contributed by atoms with Crippen LogP contribution in [0.1, 0.15) is 22.8 Å². The van der Waals surface area contributed by atoms with Crippen LogP contribution in [0, 0.1) is 6.92 Å². The van der Waals surface area contributed by atoms with Crippen molar-refractivity contribution in [1.82, 2.24) is 0 Å². The van der Waals surface area contributed by atoms with Crippen molar-refractivity contribution in [3.8, 4) is 0 Å². The Morgan fingerprint density at radius 2 is 1.84 bits per heavy atom. The summed E-state index contributed by atoms with van der Waals surface area (Å²) in [6.07, 6.45) is 0. The third-order valence-electron chi connectivity index (χ3n) is 3.03. The van der Waals surface area contributed by atoms with Crippen LogP contribution in [0.3, 0.4) is 0 Å². The lowest BCUT2D eigenvalue weighted by Crippen LogP contribution is -2.30. The van der Waals surface area contributed by atoms with Gasteiger partial charge in [-0.25, -0.2) is 0 Å². The van der Waals surface area contributed by atoms with E-state index in [1.807, 2.05) is 38.1 Å². The van der Waals surface area contributed by atoms with Gasteiger partial charge in [-0.2, -0.15) is 0 Å². The Morgan fingerprint density at radius 3 is 2.42 bits per heavy atom. The van der Waals surface area contributed by atoms with Gasteiger partial charge < -0.3 is 10.6 Å². The highest BCUT2D eigenvalue weighted by atomic mass is 16.2. The lowest BCUT2D eigenvalue weighted by Gasteiger charge is -2.21. The Morgan fingerprint density at radius 1 is 1.16 bits per heavy atom. The predicted molar refractivity (Wildman–Crippen MR) is 79.4 cm³/mol. The molecule has 2 aromatic rings. The molecule has 0 heterocycles. The van der Waals surface area contributed by atoms with Gasteiger partial charge in [0.2, 0.25) is 0 Å². The van der Waals surface area contributed by atoms with E-state index >= 15 is 0 Å². The smallest absolute Gasteiger partial charge is 0.258 e. The molecular weight excluding hydrogens is 236 g/mol. The van der Waals surface area contributed by atoms with Gasteiger partial charge in [0.15, 0.2) is 0 Å². The van der Waals surface area contributed by atoms with Crippen LogP contribution in [-0.2, 0) is 0 Å².